The van der Waals surface area contributed by atoms with Gasteiger partial charge in [-0.05, 0) is 113 Å². The van der Waals surface area contributed by atoms with Crippen molar-refractivity contribution in [2.75, 3.05) is 4.90 Å². The summed E-state index contributed by atoms with van der Waals surface area (Å²) in [7, 11) is 0. The smallest absolute Gasteiger partial charge is 0.333 e. The number of nitrogens with zero attached hydrogens (tertiary/aromatic N) is 2. The lowest BCUT2D eigenvalue weighted by atomic mass is 9.44. The first kappa shape index (κ1) is 37.6. The molecule has 9 aromatic carbocycles. The van der Waals surface area contributed by atoms with Crippen molar-refractivity contribution in [3.05, 3.63) is 199 Å². The Morgan fingerprint density at radius 3 is 1.70 bits per heavy atom. The second-order valence-corrected chi connectivity index (χ2v) is 19.8. The van der Waals surface area contributed by atoms with Gasteiger partial charge in [0.25, 0.3) is 0 Å². The largest absolute Gasteiger partial charge is 0.375 e. The Labute approximate surface area is 371 Å². The normalized spacial score (nSPS) is 13.2. The molecular formula is C60H49BN2. The minimum Gasteiger partial charge on any atom is -0.375 e. The van der Waals surface area contributed by atoms with E-state index in [4.69, 9.17) is 0 Å². The van der Waals surface area contributed by atoms with Gasteiger partial charge in [0.1, 0.15) is 0 Å². The molecule has 63 heavy (non-hydrogen) atoms. The van der Waals surface area contributed by atoms with Crippen LogP contribution in [0.5, 0.6) is 0 Å². The maximum absolute atomic E-state index is 2.69. The summed E-state index contributed by atoms with van der Waals surface area (Å²) < 4.78 is 2.69. The Bertz CT molecular complexity index is 3440. The number of fused-ring (bicyclic) bond motifs is 9. The Kier molecular flexibility index (Phi) is 8.19. The molecule has 3 heterocycles. The maximum Gasteiger partial charge on any atom is 0.333 e. The first-order chi connectivity index (χ1) is 30.5. The predicted octanol–water partition coefficient (Wildman–Crippen LogP) is 15.0. The number of anilines is 3. The standard InChI is InChI=1S/C60H49BN2/c1-59(2,3)44-27-19-38(20-28-44)39-23-31-46(32-24-39)62-52-34-26-43(40-21-29-45(30-22-40)60(4,5)6)37-51(52)61-57-54(62)36-33-48(41-13-8-7-9-14-41)56(57)50-18-12-17-49-55-47-16-11-10-15-42(47)25-35-53(55)63(61)58(49)50/h7-37H,1-6H3. The fraction of sp³-hybridized carbons (Fsp3) is 0.133. The van der Waals surface area contributed by atoms with Crippen LogP contribution in [-0.2, 0) is 10.8 Å². The molecule has 0 saturated heterocycles. The van der Waals surface area contributed by atoms with Crippen LogP contribution >= 0.6 is 0 Å². The average Bonchev–Trinajstić information content (AvgIpc) is 3.65. The minimum absolute atomic E-state index is 0.0737. The summed E-state index contributed by atoms with van der Waals surface area (Å²) in [5.74, 6) is 0. The highest BCUT2D eigenvalue weighted by Gasteiger charge is 2.44. The summed E-state index contributed by atoms with van der Waals surface area (Å²) in [6.07, 6.45) is 0. The molecule has 0 unspecified atom stereocenters. The van der Waals surface area contributed by atoms with E-state index in [1.807, 2.05) is 0 Å². The van der Waals surface area contributed by atoms with E-state index in [0.29, 0.717) is 0 Å². The number of hydrogen-bond acceptors (Lipinski definition) is 1. The summed E-state index contributed by atoms with van der Waals surface area (Å²) in [4.78, 5) is 2.53. The van der Waals surface area contributed by atoms with Gasteiger partial charge in [0.15, 0.2) is 0 Å². The molecule has 2 aliphatic rings. The van der Waals surface area contributed by atoms with Crippen LogP contribution in [0.2, 0.25) is 0 Å². The van der Waals surface area contributed by atoms with Crippen molar-refractivity contribution in [1.29, 1.82) is 0 Å². The molecule has 3 heteroatoms. The molecule has 0 bridgehead atoms. The summed E-state index contributed by atoms with van der Waals surface area (Å²) >= 11 is 0. The number of benzene rings is 9. The van der Waals surface area contributed by atoms with Crippen molar-refractivity contribution < 1.29 is 0 Å². The molecule has 302 valence electrons. The highest BCUT2D eigenvalue weighted by atomic mass is 15.2. The van der Waals surface area contributed by atoms with Crippen LogP contribution in [-0.4, -0.2) is 11.3 Å². The zero-order valence-electron chi connectivity index (χ0n) is 36.9. The van der Waals surface area contributed by atoms with Gasteiger partial charge in [0.2, 0.25) is 0 Å². The van der Waals surface area contributed by atoms with E-state index < -0.39 is 0 Å². The summed E-state index contributed by atoms with van der Waals surface area (Å²) in [6, 6.07) is 71.1. The summed E-state index contributed by atoms with van der Waals surface area (Å²) in [5.41, 5.74) is 21.7. The topological polar surface area (TPSA) is 8.17 Å². The zero-order valence-corrected chi connectivity index (χ0v) is 36.9. The fourth-order valence-corrected chi connectivity index (χ4v) is 10.7. The van der Waals surface area contributed by atoms with Crippen molar-refractivity contribution in [2.45, 2.75) is 52.4 Å². The molecule has 0 amide bonds. The molecule has 0 spiro atoms. The summed E-state index contributed by atoms with van der Waals surface area (Å²) in [5, 5.41) is 5.19. The van der Waals surface area contributed by atoms with Crippen molar-refractivity contribution in [3.63, 3.8) is 0 Å². The van der Waals surface area contributed by atoms with Gasteiger partial charge in [-0.2, -0.15) is 0 Å². The SMILES string of the molecule is CC(C)(C)c1ccc(-c2ccc(N3c4ccc(-c5ccc(C(C)(C)C)cc5)cc4B4c5c3ccc(-c3ccccc3)c5-c3cccc5c6c7ccccc7ccc6n4c35)cc2)cc1. The lowest BCUT2D eigenvalue weighted by Crippen LogP contribution is -2.56. The number of para-hydroxylation sites is 1. The van der Waals surface area contributed by atoms with Gasteiger partial charge in [-0.15, -0.1) is 0 Å². The van der Waals surface area contributed by atoms with Crippen molar-refractivity contribution in [2.24, 2.45) is 0 Å². The molecule has 2 nitrogen and oxygen atoms in total. The molecule has 0 N–H and O–H groups in total. The van der Waals surface area contributed by atoms with E-state index in [0.717, 1.165) is 5.69 Å². The van der Waals surface area contributed by atoms with Crippen LogP contribution in [0.15, 0.2) is 188 Å². The molecule has 12 rings (SSSR count). The quantitative estimate of drug-likeness (QED) is 0.161. The number of rotatable bonds is 4. The lowest BCUT2D eigenvalue weighted by molar-refractivity contribution is 0.590. The van der Waals surface area contributed by atoms with Crippen molar-refractivity contribution in [3.8, 4) is 44.5 Å². The van der Waals surface area contributed by atoms with E-state index in [2.05, 4.69) is 239 Å². The molecule has 0 fully saturated rings. The molecule has 1 aromatic heterocycles. The second kappa shape index (κ2) is 13.7. The van der Waals surface area contributed by atoms with Gasteiger partial charge >= 0.3 is 6.85 Å². The van der Waals surface area contributed by atoms with Gasteiger partial charge in [0, 0.05) is 44.4 Å². The van der Waals surface area contributed by atoms with Crippen LogP contribution in [0.25, 0.3) is 77.1 Å². The third-order valence-corrected chi connectivity index (χ3v) is 13.9. The molecule has 0 aliphatic carbocycles. The number of aromatic nitrogens is 1. The van der Waals surface area contributed by atoms with E-state index in [9.17, 15) is 0 Å². The van der Waals surface area contributed by atoms with Crippen LogP contribution in [0.1, 0.15) is 52.7 Å². The van der Waals surface area contributed by atoms with Gasteiger partial charge in [-0.3, -0.25) is 0 Å². The Morgan fingerprint density at radius 2 is 1.02 bits per heavy atom. The van der Waals surface area contributed by atoms with E-state index >= 15 is 0 Å². The third-order valence-electron chi connectivity index (χ3n) is 13.9. The minimum atomic E-state index is -0.0737. The zero-order chi connectivity index (χ0) is 42.8. The van der Waals surface area contributed by atoms with Crippen LogP contribution in [0.3, 0.4) is 0 Å². The maximum atomic E-state index is 2.69. The fourth-order valence-electron chi connectivity index (χ4n) is 10.7. The number of hydrogen-bond donors (Lipinski definition) is 0. The summed E-state index contributed by atoms with van der Waals surface area (Å²) in [6.45, 7) is 13.6. The van der Waals surface area contributed by atoms with Gasteiger partial charge in [-0.1, -0.05) is 199 Å². The molecule has 0 saturated carbocycles. The Hall–Kier alpha value is -7.10. The van der Waals surface area contributed by atoms with Gasteiger partial charge in [-0.25, -0.2) is 0 Å². The first-order valence-electron chi connectivity index (χ1n) is 22.5. The van der Waals surface area contributed by atoms with E-state index in [-0.39, 0.29) is 17.7 Å². The Morgan fingerprint density at radius 1 is 0.429 bits per heavy atom. The van der Waals surface area contributed by atoms with Gasteiger partial charge < -0.3 is 9.38 Å². The van der Waals surface area contributed by atoms with Crippen LogP contribution < -0.4 is 15.8 Å². The van der Waals surface area contributed by atoms with Crippen LogP contribution in [0, 0.1) is 0 Å². The monoisotopic (exact) mass is 808 g/mol. The predicted molar refractivity (Wildman–Crippen MR) is 271 cm³/mol. The van der Waals surface area contributed by atoms with Gasteiger partial charge in [0.05, 0.1) is 0 Å². The molecule has 0 atom stereocenters. The van der Waals surface area contributed by atoms with E-state index in [1.165, 1.54) is 111 Å². The van der Waals surface area contributed by atoms with E-state index in [1.54, 1.807) is 0 Å². The molecule has 0 radical (unpaired) electrons. The van der Waals surface area contributed by atoms with Crippen LogP contribution in [0.4, 0.5) is 17.1 Å². The highest BCUT2D eigenvalue weighted by Crippen LogP contribution is 2.49. The first-order valence-corrected chi connectivity index (χ1v) is 22.5. The average molecular weight is 809 g/mol. The lowest BCUT2D eigenvalue weighted by Gasteiger charge is -2.41. The van der Waals surface area contributed by atoms with Crippen molar-refractivity contribution in [1.82, 2.24) is 4.48 Å². The highest BCUT2D eigenvalue weighted by molar-refractivity contribution is 6.90. The molecule has 10 aromatic rings. The van der Waals surface area contributed by atoms with Crippen molar-refractivity contribution >= 4 is 67.4 Å². The Balaban J connectivity index is 1.14. The molecule has 2 aliphatic heterocycles. The second-order valence-electron chi connectivity index (χ2n) is 19.8. The third kappa shape index (κ3) is 5.79. The molecular weight excluding hydrogens is 759 g/mol.